The van der Waals surface area contributed by atoms with E-state index in [4.69, 9.17) is 5.84 Å². The van der Waals surface area contributed by atoms with Gasteiger partial charge in [0.1, 0.15) is 10.7 Å². The monoisotopic (exact) mass is 255 g/mol. The second-order valence-corrected chi connectivity index (χ2v) is 5.43. The first-order chi connectivity index (χ1) is 8.33. The maximum absolute atomic E-state index is 5.44. The van der Waals surface area contributed by atoms with E-state index in [0.717, 1.165) is 29.7 Å². The number of hydrazine groups is 1. The molecule has 1 unspecified atom stereocenters. The molecule has 0 aromatic carbocycles. The van der Waals surface area contributed by atoms with Crippen LogP contribution in [0, 0.1) is 5.92 Å². The van der Waals surface area contributed by atoms with E-state index < -0.39 is 0 Å². The maximum Gasteiger partial charge on any atom is 0.148 e. The molecular formula is C11H21N5S. The van der Waals surface area contributed by atoms with Crippen molar-refractivity contribution in [1.29, 1.82) is 0 Å². The van der Waals surface area contributed by atoms with E-state index in [-0.39, 0.29) is 0 Å². The van der Waals surface area contributed by atoms with Gasteiger partial charge in [0.25, 0.3) is 0 Å². The lowest BCUT2D eigenvalue weighted by Crippen LogP contribution is -2.25. The van der Waals surface area contributed by atoms with Gasteiger partial charge in [0.2, 0.25) is 0 Å². The summed E-state index contributed by atoms with van der Waals surface area (Å²) < 4.78 is 3.94. The summed E-state index contributed by atoms with van der Waals surface area (Å²) in [7, 11) is 0. The van der Waals surface area contributed by atoms with Crippen molar-refractivity contribution in [3.05, 3.63) is 5.69 Å². The second-order valence-electron chi connectivity index (χ2n) is 4.67. The van der Waals surface area contributed by atoms with Crippen LogP contribution in [0.1, 0.15) is 38.3 Å². The summed E-state index contributed by atoms with van der Waals surface area (Å²) in [5.41, 5.74) is 3.65. The Morgan fingerprint density at radius 3 is 3.12 bits per heavy atom. The van der Waals surface area contributed by atoms with Crippen LogP contribution in [0.3, 0.4) is 0 Å². The molecule has 96 valence electrons. The number of hydrogen-bond acceptors (Lipinski definition) is 6. The minimum Gasteiger partial charge on any atom is -0.313 e. The van der Waals surface area contributed by atoms with Crippen molar-refractivity contribution in [3.8, 4) is 0 Å². The van der Waals surface area contributed by atoms with Gasteiger partial charge in [-0.1, -0.05) is 17.8 Å². The Bertz CT molecular complexity index is 340. The van der Waals surface area contributed by atoms with Crippen molar-refractivity contribution in [2.75, 3.05) is 18.5 Å². The van der Waals surface area contributed by atoms with Crippen LogP contribution in [-0.4, -0.2) is 27.6 Å². The zero-order valence-corrected chi connectivity index (χ0v) is 11.2. The molecule has 5 nitrogen and oxygen atoms in total. The summed E-state index contributed by atoms with van der Waals surface area (Å²) in [6, 6.07) is 0. The third-order valence-corrected chi connectivity index (χ3v) is 4.28. The summed E-state index contributed by atoms with van der Waals surface area (Å²) in [4.78, 5) is 2.47. The van der Waals surface area contributed by atoms with Crippen LogP contribution in [0.15, 0.2) is 0 Å². The molecule has 0 amide bonds. The highest BCUT2D eigenvalue weighted by Crippen LogP contribution is 2.23. The molecule has 1 aromatic rings. The number of anilines is 1. The van der Waals surface area contributed by atoms with E-state index in [1.165, 1.54) is 43.8 Å². The van der Waals surface area contributed by atoms with Crippen LogP contribution < -0.4 is 11.3 Å². The molecule has 1 atom stereocenters. The molecule has 6 heteroatoms. The number of nitrogens with zero attached hydrogens (tertiary/aromatic N) is 3. The average Bonchev–Trinajstić information content (AvgIpc) is 2.67. The SMILES string of the molecule is CCC1CCCN(Cc2nnsc2NN)CC1. The molecule has 0 spiro atoms. The first kappa shape index (κ1) is 12.7. The van der Waals surface area contributed by atoms with Crippen LogP contribution in [0.2, 0.25) is 0 Å². The molecule has 17 heavy (non-hydrogen) atoms. The van der Waals surface area contributed by atoms with Gasteiger partial charge in [-0.3, -0.25) is 4.90 Å². The van der Waals surface area contributed by atoms with Crippen LogP contribution in [0.5, 0.6) is 0 Å². The van der Waals surface area contributed by atoms with Crippen LogP contribution in [0.4, 0.5) is 5.00 Å². The first-order valence-corrected chi connectivity index (χ1v) is 7.11. The number of nitrogens with two attached hydrogens (primary N) is 1. The van der Waals surface area contributed by atoms with Crippen molar-refractivity contribution < 1.29 is 0 Å². The predicted octanol–water partition coefficient (Wildman–Crippen LogP) is 1.84. The Kier molecular flexibility index (Phi) is 4.70. The highest BCUT2D eigenvalue weighted by atomic mass is 32.1. The van der Waals surface area contributed by atoms with Crippen molar-refractivity contribution >= 4 is 16.5 Å². The molecule has 0 bridgehead atoms. The highest BCUT2D eigenvalue weighted by molar-refractivity contribution is 7.10. The van der Waals surface area contributed by atoms with E-state index in [2.05, 4.69) is 26.8 Å². The van der Waals surface area contributed by atoms with Gasteiger partial charge < -0.3 is 5.43 Å². The summed E-state index contributed by atoms with van der Waals surface area (Å²) >= 11 is 1.32. The number of rotatable bonds is 4. The fourth-order valence-corrected chi connectivity index (χ4v) is 2.91. The van der Waals surface area contributed by atoms with Gasteiger partial charge in [0, 0.05) is 18.1 Å². The van der Waals surface area contributed by atoms with E-state index in [1.54, 1.807) is 0 Å². The van der Waals surface area contributed by atoms with Crippen LogP contribution in [0.25, 0.3) is 0 Å². The molecule has 2 rings (SSSR count). The molecule has 1 fully saturated rings. The smallest absolute Gasteiger partial charge is 0.148 e. The van der Waals surface area contributed by atoms with Crippen molar-refractivity contribution in [1.82, 2.24) is 14.5 Å². The van der Waals surface area contributed by atoms with E-state index in [9.17, 15) is 0 Å². The van der Waals surface area contributed by atoms with Gasteiger partial charge in [0.05, 0.1) is 0 Å². The van der Waals surface area contributed by atoms with Gasteiger partial charge in [-0.25, -0.2) is 5.84 Å². The number of likely N-dealkylation sites (tertiary alicyclic amines) is 1. The van der Waals surface area contributed by atoms with Crippen molar-refractivity contribution in [3.63, 3.8) is 0 Å². The second kappa shape index (κ2) is 6.28. The summed E-state index contributed by atoms with van der Waals surface area (Å²) in [6.07, 6.45) is 5.27. The van der Waals surface area contributed by atoms with Gasteiger partial charge >= 0.3 is 0 Å². The summed E-state index contributed by atoms with van der Waals surface area (Å²) in [6.45, 7) is 5.49. The molecule has 0 aliphatic carbocycles. The quantitative estimate of drug-likeness (QED) is 0.635. The Morgan fingerprint density at radius 2 is 2.35 bits per heavy atom. The zero-order chi connectivity index (χ0) is 12.1. The average molecular weight is 255 g/mol. The molecular weight excluding hydrogens is 234 g/mol. The fourth-order valence-electron chi connectivity index (χ4n) is 2.42. The Labute approximate surface area is 107 Å². The highest BCUT2D eigenvalue weighted by Gasteiger charge is 2.18. The number of hydrogen-bond donors (Lipinski definition) is 2. The van der Waals surface area contributed by atoms with Gasteiger partial charge in [-0.2, -0.15) is 0 Å². The summed E-state index contributed by atoms with van der Waals surface area (Å²) in [5, 5.41) is 5.03. The minimum atomic E-state index is 0.868. The van der Waals surface area contributed by atoms with Gasteiger partial charge in [-0.05, 0) is 38.3 Å². The Morgan fingerprint density at radius 1 is 1.47 bits per heavy atom. The molecule has 0 radical (unpaired) electrons. The van der Waals surface area contributed by atoms with E-state index >= 15 is 0 Å². The normalized spacial score (nSPS) is 22.4. The molecule has 1 aliphatic heterocycles. The topological polar surface area (TPSA) is 67.1 Å². The van der Waals surface area contributed by atoms with Crippen LogP contribution >= 0.6 is 11.5 Å². The van der Waals surface area contributed by atoms with E-state index in [0.29, 0.717) is 0 Å². The van der Waals surface area contributed by atoms with Gasteiger partial charge in [-0.15, -0.1) is 5.10 Å². The van der Waals surface area contributed by atoms with Crippen LogP contribution in [-0.2, 0) is 6.54 Å². The summed E-state index contributed by atoms with van der Waals surface area (Å²) in [5.74, 6) is 6.34. The molecule has 3 N–H and O–H groups in total. The molecule has 1 aromatic heterocycles. The fraction of sp³-hybridized carbons (Fsp3) is 0.818. The molecule has 1 aliphatic rings. The number of nitrogens with one attached hydrogen (secondary N) is 1. The minimum absolute atomic E-state index is 0.868. The largest absolute Gasteiger partial charge is 0.313 e. The van der Waals surface area contributed by atoms with Crippen molar-refractivity contribution in [2.45, 2.75) is 39.2 Å². The lowest BCUT2D eigenvalue weighted by atomic mass is 9.98. The first-order valence-electron chi connectivity index (χ1n) is 6.33. The molecule has 2 heterocycles. The Hall–Kier alpha value is -0.720. The third-order valence-electron chi connectivity index (χ3n) is 3.58. The van der Waals surface area contributed by atoms with E-state index in [1.807, 2.05) is 0 Å². The predicted molar refractivity (Wildman–Crippen MR) is 70.6 cm³/mol. The molecule has 0 saturated carbocycles. The van der Waals surface area contributed by atoms with Gasteiger partial charge in [0.15, 0.2) is 0 Å². The number of nitrogen functional groups attached to an aromatic ring is 1. The molecule has 1 saturated heterocycles. The lowest BCUT2D eigenvalue weighted by Gasteiger charge is -2.19. The lowest BCUT2D eigenvalue weighted by molar-refractivity contribution is 0.269. The standard InChI is InChI=1S/C11H21N5S/c1-2-9-4-3-6-16(7-5-9)8-10-11(13-12)17-15-14-10/h9,13H,2-8,12H2,1H3. The van der Waals surface area contributed by atoms with Crippen molar-refractivity contribution in [2.24, 2.45) is 11.8 Å². The maximum atomic E-state index is 5.44. The Balaban J connectivity index is 1.90. The third kappa shape index (κ3) is 3.37. The zero-order valence-electron chi connectivity index (χ0n) is 10.4. The number of aromatic nitrogens is 2.